The van der Waals surface area contributed by atoms with E-state index in [0.29, 0.717) is 48.7 Å². The molecule has 1 aromatic heterocycles. The van der Waals surface area contributed by atoms with Gasteiger partial charge in [-0.2, -0.15) is 5.26 Å². The van der Waals surface area contributed by atoms with Gasteiger partial charge >= 0.3 is 0 Å². The average Bonchev–Trinajstić information content (AvgIpc) is 3.51. The second-order valence-corrected chi connectivity index (χ2v) is 8.11. The fraction of sp³-hybridized carbons (Fsp3) is 0.391. The molecule has 7 heteroatoms. The van der Waals surface area contributed by atoms with Crippen LogP contribution in [-0.2, 0) is 11.2 Å². The van der Waals surface area contributed by atoms with E-state index in [-0.39, 0.29) is 11.5 Å². The van der Waals surface area contributed by atoms with E-state index in [9.17, 15) is 10.1 Å². The van der Waals surface area contributed by atoms with Crippen molar-refractivity contribution in [3.05, 3.63) is 51.3 Å². The number of nitrogens with zero attached hydrogens (tertiary/aromatic N) is 2. The molecule has 0 radical (unpaired) electrons. The van der Waals surface area contributed by atoms with Crippen molar-refractivity contribution in [2.45, 2.75) is 39.2 Å². The van der Waals surface area contributed by atoms with Crippen molar-refractivity contribution in [3.63, 3.8) is 0 Å². The maximum Gasteiger partial charge on any atom is 0.261 e. The van der Waals surface area contributed by atoms with Crippen molar-refractivity contribution in [1.82, 2.24) is 9.88 Å². The fourth-order valence-electron chi connectivity index (χ4n) is 3.87. The first-order valence-electron chi connectivity index (χ1n) is 10.1. The Bertz CT molecular complexity index is 1060. The van der Waals surface area contributed by atoms with Crippen LogP contribution >= 0.6 is 11.6 Å². The molecule has 2 heterocycles. The summed E-state index contributed by atoms with van der Waals surface area (Å²) in [5.41, 5.74) is 4.21. The number of aryl methyl sites for hydroxylation is 1. The average molecular weight is 426 g/mol. The van der Waals surface area contributed by atoms with E-state index in [1.165, 1.54) is 12.8 Å². The molecule has 1 aliphatic carbocycles. The zero-order chi connectivity index (χ0) is 21.3. The lowest BCUT2D eigenvalue weighted by atomic mass is 10.1. The molecule has 1 N–H and O–H groups in total. The molecule has 1 aliphatic heterocycles. The molecule has 0 unspecified atom stereocenters. The molecule has 0 atom stereocenters. The summed E-state index contributed by atoms with van der Waals surface area (Å²) in [6.07, 6.45) is 4.62. The van der Waals surface area contributed by atoms with Crippen LogP contribution in [0.4, 0.5) is 0 Å². The predicted molar refractivity (Wildman–Crippen MR) is 115 cm³/mol. The second kappa shape index (κ2) is 8.45. The third-order valence-corrected chi connectivity index (χ3v) is 5.74. The number of aromatic nitrogens is 1. The Morgan fingerprint density at radius 3 is 2.80 bits per heavy atom. The quantitative estimate of drug-likeness (QED) is 0.557. The number of nitrogens with one attached hydrogen (secondary N) is 1. The number of fused-ring (bicyclic) bond motifs is 1. The number of ether oxygens (including phenoxy) is 2. The highest BCUT2D eigenvalue weighted by atomic mass is 35.5. The predicted octanol–water partition coefficient (Wildman–Crippen LogP) is 4.13. The number of nitriles is 1. The molecule has 6 nitrogen and oxygen atoms in total. The van der Waals surface area contributed by atoms with Gasteiger partial charge in [0.2, 0.25) is 0 Å². The smallest absolute Gasteiger partial charge is 0.261 e. The molecule has 0 bridgehead atoms. The first-order valence-corrected chi connectivity index (χ1v) is 10.5. The Labute approximate surface area is 181 Å². The van der Waals surface area contributed by atoms with Gasteiger partial charge in [0, 0.05) is 24.0 Å². The summed E-state index contributed by atoms with van der Waals surface area (Å²) in [7, 11) is 0. The summed E-state index contributed by atoms with van der Waals surface area (Å²) in [4.78, 5) is 12.5. The molecule has 1 fully saturated rings. The van der Waals surface area contributed by atoms with Gasteiger partial charge < -0.3 is 19.4 Å². The van der Waals surface area contributed by atoms with Gasteiger partial charge in [-0.25, -0.2) is 0 Å². The summed E-state index contributed by atoms with van der Waals surface area (Å²) in [5, 5.41) is 12.8. The Morgan fingerprint density at radius 1 is 1.30 bits per heavy atom. The Morgan fingerprint density at radius 2 is 2.07 bits per heavy atom. The Balaban J connectivity index is 1.41. The molecule has 0 saturated heterocycles. The van der Waals surface area contributed by atoms with Crippen molar-refractivity contribution in [2.24, 2.45) is 0 Å². The van der Waals surface area contributed by atoms with E-state index in [2.05, 4.69) is 16.8 Å². The normalized spacial score (nSPS) is 15.6. The standard InChI is InChI=1S/C23H24ClN3O3/c1-14-9-17(15(2)27(14)19-3-4-19)12-18(13-25)23(28)26-6-5-16-10-20(24)22-21(11-16)29-7-8-30-22/h9-12,19H,3-8H2,1-2H3,(H,26,28)/b18-12+. The van der Waals surface area contributed by atoms with Crippen molar-refractivity contribution >= 4 is 23.6 Å². The van der Waals surface area contributed by atoms with Crippen LogP contribution in [0, 0.1) is 25.2 Å². The summed E-state index contributed by atoms with van der Waals surface area (Å²) in [6, 6.07) is 8.32. The van der Waals surface area contributed by atoms with Gasteiger partial charge in [0.25, 0.3) is 5.91 Å². The van der Waals surface area contributed by atoms with Crippen LogP contribution in [0.15, 0.2) is 23.8 Å². The SMILES string of the molecule is Cc1cc(/C=C(\C#N)C(=O)NCCc2cc(Cl)c3c(c2)OCCO3)c(C)n1C1CC1. The molecule has 156 valence electrons. The van der Waals surface area contributed by atoms with E-state index >= 15 is 0 Å². The number of hydrogen-bond acceptors (Lipinski definition) is 4. The van der Waals surface area contributed by atoms with Gasteiger partial charge in [-0.3, -0.25) is 4.79 Å². The zero-order valence-electron chi connectivity index (χ0n) is 17.1. The van der Waals surface area contributed by atoms with Crippen LogP contribution in [-0.4, -0.2) is 30.2 Å². The van der Waals surface area contributed by atoms with Gasteiger partial charge in [0.15, 0.2) is 11.5 Å². The molecule has 30 heavy (non-hydrogen) atoms. The van der Waals surface area contributed by atoms with Crippen LogP contribution in [0.25, 0.3) is 6.08 Å². The van der Waals surface area contributed by atoms with Crippen LogP contribution in [0.2, 0.25) is 5.02 Å². The summed E-state index contributed by atoms with van der Waals surface area (Å²) >= 11 is 6.26. The number of carbonyl (C=O) groups excluding carboxylic acids is 1. The first kappa shape index (κ1) is 20.4. The lowest BCUT2D eigenvalue weighted by Crippen LogP contribution is -2.26. The van der Waals surface area contributed by atoms with E-state index in [0.717, 1.165) is 22.5 Å². The second-order valence-electron chi connectivity index (χ2n) is 7.71. The summed E-state index contributed by atoms with van der Waals surface area (Å²) in [5.74, 6) is 0.810. The highest BCUT2D eigenvalue weighted by molar-refractivity contribution is 6.32. The molecule has 2 aliphatic rings. The molecular formula is C23H24ClN3O3. The first-order chi connectivity index (χ1) is 14.5. The van der Waals surface area contributed by atoms with Gasteiger partial charge in [0.1, 0.15) is 24.9 Å². The monoisotopic (exact) mass is 425 g/mol. The van der Waals surface area contributed by atoms with Gasteiger partial charge in [-0.05, 0) is 68.5 Å². The summed E-state index contributed by atoms with van der Waals surface area (Å²) in [6.45, 7) is 5.45. The third-order valence-electron chi connectivity index (χ3n) is 5.46. The molecule has 0 spiro atoms. The maximum absolute atomic E-state index is 12.5. The Kier molecular flexibility index (Phi) is 5.74. The number of benzene rings is 1. The minimum absolute atomic E-state index is 0.103. The van der Waals surface area contributed by atoms with E-state index < -0.39 is 0 Å². The van der Waals surface area contributed by atoms with Gasteiger partial charge in [0.05, 0.1) is 5.02 Å². The lowest BCUT2D eigenvalue weighted by molar-refractivity contribution is -0.117. The van der Waals surface area contributed by atoms with E-state index in [4.69, 9.17) is 21.1 Å². The highest BCUT2D eigenvalue weighted by Gasteiger charge is 2.27. The highest BCUT2D eigenvalue weighted by Crippen LogP contribution is 2.39. The van der Waals surface area contributed by atoms with Gasteiger partial charge in [-0.15, -0.1) is 0 Å². The van der Waals surface area contributed by atoms with Crippen molar-refractivity contribution in [1.29, 1.82) is 5.26 Å². The fourth-order valence-corrected chi connectivity index (χ4v) is 4.16. The number of hydrogen-bond donors (Lipinski definition) is 1. The molecule has 1 aromatic carbocycles. The van der Waals surface area contributed by atoms with E-state index in [1.807, 2.05) is 31.2 Å². The number of halogens is 1. The van der Waals surface area contributed by atoms with Crippen LogP contribution in [0.1, 0.15) is 41.4 Å². The number of amides is 1. The number of carbonyl (C=O) groups is 1. The van der Waals surface area contributed by atoms with Crippen molar-refractivity contribution in [2.75, 3.05) is 19.8 Å². The minimum atomic E-state index is -0.377. The van der Waals surface area contributed by atoms with E-state index in [1.54, 1.807) is 6.08 Å². The summed E-state index contributed by atoms with van der Waals surface area (Å²) < 4.78 is 13.4. The number of rotatable bonds is 6. The van der Waals surface area contributed by atoms with Crippen LogP contribution in [0.5, 0.6) is 11.5 Å². The molecule has 4 rings (SSSR count). The molecule has 1 saturated carbocycles. The largest absolute Gasteiger partial charge is 0.486 e. The topological polar surface area (TPSA) is 76.3 Å². The molecule has 2 aromatic rings. The van der Waals surface area contributed by atoms with Crippen molar-refractivity contribution in [3.8, 4) is 17.6 Å². The molecular weight excluding hydrogens is 402 g/mol. The third kappa shape index (κ3) is 4.17. The maximum atomic E-state index is 12.5. The zero-order valence-corrected chi connectivity index (χ0v) is 17.9. The lowest BCUT2D eigenvalue weighted by Gasteiger charge is -2.20. The van der Waals surface area contributed by atoms with Gasteiger partial charge in [-0.1, -0.05) is 11.6 Å². The van der Waals surface area contributed by atoms with Crippen LogP contribution in [0.3, 0.4) is 0 Å². The molecule has 1 amide bonds. The Hall–Kier alpha value is -2.91. The minimum Gasteiger partial charge on any atom is -0.486 e. The van der Waals surface area contributed by atoms with Crippen molar-refractivity contribution < 1.29 is 14.3 Å². The van der Waals surface area contributed by atoms with Crippen LogP contribution < -0.4 is 14.8 Å².